The molecule has 0 spiro atoms. The SMILES string of the molecule is CNCc1cn[nH]c1S(=O)(=O)NCc1ccc(C)s1. The lowest BCUT2D eigenvalue weighted by Gasteiger charge is -2.05. The van der Waals surface area contributed by atoms with Crippen molar-refractivity contribution in [1.82, 2.24) is 20.2 Å². The van der Waals surface area contributed by atoms with Gasteiger partial charge in [-0.2, -0.15) is 5.10 Å². The van der Waals surface area contributed by atoms with Gasteiger partial charge in [0.05, 0.1) is 6.20 Å². The molecule has 19 heavy (non-hydrogen) atoms. The van der Waals surface area contributed by atoms with Gasteiger partial charge in [-0.05, 0) is 26.1 Å². The van der Waals surface area contributed by atoms with Crippen molar-refractivity contribution < 1.29 is 8.42 Å². The lowest BCUT2D eigenvalue weighted by Crippen LogP contribution is -2.24. The molecule has 104 valence electrons. The quantitative estimate of drug-likeness (QED) is 0.742. The van der Waals surface area contributed by atoms with Crippen LogP contribution in [0.25, 0.3) is 0 Å². The zero-order chi connectivity index (χ0) is 13.9. The fraction of sp³-hybridized carbons (Fsp3) is 0.364. The molecule has 0 aliphatic rings. The molecule has 0 bridgehead atoms. The van der Waals surface area contributed by atoms with Crippen LogP contribution in [0.4, 0.5) is 0 Å². The Labute approximate surface area is 116 Å². The fourth-order valence-corrected chi connectivity index (χ4v) is 3.72. The number of thiophene rings is 1. The molecule has 0 aliphatic carbocycles. The molecule has 2 heterocycles. The van der Waals surface area contributed by atoms with Crippen molar-refractivity contribution in [2.24, 2.45) is 0 Å². The van der Waals surface area contributed by atoms with E-state index < -0.39 is 10.0 Å². The highest BCUT2D eigenvalue weighted by Crippen LogP contribution is 2.16. The number of sulfonamides is 1. The minimum atomic E-state index is -3.56. The molecule has 2 aromatic rings. The van der Waals surface area contributed by atoms with Gasteiger partial charge in [0, 0.05) is 28.4 Å². The number of nitrogens with zero attached hydrogens (tertiary/aromatic N) is 1. The summed E-state index contributed by atoms with van der Waals surface area (Å²) in [5.74, 6) is 0. The van der Waals surface area contributed by atoms with Crippen LogP contribution in [-0.4, -0.2) is 25.7 Å². The monoisotopic (exact) mass is 300 g/mol. The van der Waals surface area contributed by atoms with Crippen molar-refractivity contribution in [1.29, 1.82) is 0 Å². The Morgan fingerprint density at radius 3 is 2.79 bits per heavy atom. The van der Waals surface area contributed by atoms with Gasteiger partial charge in [0.1, 0.15) is 0 Å². The second-order valence-corrected chi connectivity index (χ2v) is 7.17. The molecule has 2 aromatic heterocycles. The average Bonchev–Trinajstić information content (AvgIpc) is 2.97. The molecule has 0 saturated heterocycles. The lowest BCUT2D eigenvalue weighted by atomic mass is 10.4. The molecule has 0 aromatic carbocycles. The van der Waals surface area contributed by atoms with Crippen LogP contribution < -0.4 is 10.0 Å². The van der Waals surface area contributed by atoms with Crippen molar-refractivity contribution in [2.75, 3.05) is 7.05 Å². The normalized spacial score (nSPS) is 11.9. The van der Waals surface area contributed by atoms with E-state index in [-0.39, 0.29) is 5.03 Å². The number of H-pyrrole nitrogens is 1. The molecule has 6 nitrogen and oxygen atoms in total. The largest absolute Gasteiger partial charge is 0.316 e. The summed E-state index contributed by atoms with van der Waals surface area (Å²) in [6, 6.07) is 3.89. The highest BCUT2D eigenvalue weighted by atomic mass is 32.2. The van der Waals surface area contributed by atoms with Gasteiger partial charge in [0.25, 0.3) is 10.0 Å². The zero-order valence-corrected chi connectivity index (χ0v) is 12.4. The summed E-state index contributed by atoms with van der Waals surface area (Å²) < 4.78 is 26.9. The Hall–Kier alpha value is -1.22. The fourth-order valence-electron chi connectivity index (χ4n) is 1.67. The Kier molecular flexibility index (Phi) is 4.35. The topological polar surface area (TPSA) is 86.9 Å². The molecule has 2 rings (SSSR count). The van der Waals surface area contributed by atoms with Crippen molar-refractivity contribution in [3.8, 4) is 0 Å². The van der Waals surface area contributed by atoms with E-state index in [1.54, 1.807) is 18.4 Å². The van der Waals surface area contributed by atoms with Crippen LogP contribution in [0.3, 0.4) is 0 Å². The van der Waals surface area contributed by atoms with Crippen molar-refractivity contribution in [3.05, 3.63) is 33.6 Å². The Morgan fingerprint density at radius 2 is 2.16 bits per heavy atom. The summed E-state index contributed by atoms with van der Waals surface area (Å²) in [5.41, 5.74) is 0.623. The van der Waals surface area contributed by atoms with Crippen LogP contribution >= 0.6 is 11.3 Å². The molecule has 0 radical (unpaired) electrons. The molecular weight excluding hydrogens is 284 g/mol. The lowest BCUT2D eigenvalue weighted by molar-refractivity contribution is 0.575. The first-order valence-corrected chi connectivity index (χ1v) is 8.04. The van der Waals surface area contributed by atoms with Gasteiger partial charge >= 0.3 is 0 Å². The first-order valence-electron chi connectivity index (χ1n) is 5.75. The number of hydrogen-bond donors (Lipinski definition) is 3. The Morgan fingerprint density at radius 1 is 1.37 bits per heavy atom. The second kappa shape index (κ2) is 5.83. The molecule has 0 aliphatic heterocycles. The predicted octanol–water partition coefficient (Wildman–Crippen LogP) is 0.978. The van der Waals surface area contributed by atoms with Gasteiger partial charge in [-0.1, -0.05) is 0 Å². The van der Waals surface area contributed by atoms with E-state index in [9.17, 15) is 8.42 Å². The molecule has 3 N–H and O–H groups in total. The molecule has 0 amide bonds. The van der Waals surface area contributed by atoms with Crippen LogP contribution in [0, 0.1) is 6.92 Å². The maximum absolute atomic E-state index is 12.2. The third kappa shape index (κ3) is 3.41. The summed E-state index contributed by atoms with van der Waals surface area (Å²) in [4.78, 5) is 2.14. The van der Waals surface area contributed by atoms with E-state index in [1.165, 1.54) is 6.20 Å². The van der Waals surface area contributed by atoms with Crippen LogP contribution in [0.15, 0.2) is 23.4 Å². The van der Waals surface area contributed by atoms with E-state index in [2.05, 4.69) is 20.2 Å². The molecular formula is C11H16N4O2S2. The van der Waals surface area contributed by atoms with Crippen molar-refractivity contribution >= 4 is 21.4 Å². The molecule has 0 atom stereocenters. The molecule has 0 saturated carbocycles. The van der Waals surface area contributed by atoms with Crippen LogP contribution in [0.1, 0.15) is 15.3 Å². The summed E-state index contributed by atoms with van der Waals surface area (Å²) in [7, 11) is -1.80. The van der Waals surface area contributed by atoms with Crippen molar-refractivity contribution in [2.45, 2.75) is 25.0 Å². The van der Waals surface area contributed by atoms with Crippen LogP contribution in [0.5, 0.6) is 0 Å². The molecule has 8 heteroatoms. The third-order valence-electron chi connectivity index (χ3n) is 2.55. The minimum Gasteiger partial charge on any atom is -0.316 e. The third-order valence-corrected chi connectivity index (χ3v) is 4.96. The van der Waals surface area contributed by atoms with Crippen LogP contribution in [0.2, 0.25) is 0 Å². The standard InChI is InChI=1S/C11H16N4O2S2/c1-8-3-4-10(18-8)7-14-19(16,17)11-9(5-12-2)6-13-15-11/h3-4,6,12,14H,5,7H2,1-2H3,(H,13,15). The molecule has 0 fully saturated rings. The van der Waals surface area contributed by atoms with Gasteiger partial charge in [-0.15, -0.1) is 11.3 Å². The Bertz CT molecular complexity index is 645. The highest BCUT2D eigenvalue weighted by molar-refractivity contribution is 7.89. The molecule has 0 unspecified atom stereocenters. The zero-order valence-electron chi connectivity index (χ0n) is 10.7. The number of nitrogens with one attached hydrogen (secondary N) is 3. The van der Waals surface area contributed by atoms with Crippen molar-refractivity contribution in [3.63, 3.8) is 0 Å². The summed E-state index contributed by atoms with van der Waals surface area (Å²) in [5, 5.41) is 9.35. The van der Waals surface area contributed by atoms with E-state index in [0.29, 0.717) is 18.7 Å². The second-order valence-electron chi connectivity index (χ2n) is 4.09. The maximum Gasteiger partial charge on any atom is 0.258 e. The van der Waals surface area contributed by atoms with E-state index >= 15 is 0 Å². The number of aromatic amines is 1. The first-order chi connectivity index (χ1) is 9.03. The average molecular weight is 300 g/mol. The van der Waals surface area contributed by atoms with E-state index in [0.717, 1.165) is 9.75 Å². The first kappa shape index (κ1) is 14.2. The highest BCUT2D eigenvalue weighted by Gasteiger charge is 2.20. The van der Waals surface area contributed by atoms with E-state index in [1.807, 2.05) is 19.1 Å². The van der Waals surface area contributed by atoms with Crippen LogP contribution in [-0.2, 0) is 23.1 Å². The van der Waals surface area contributed by atoms with Gasteiger partial charge in [0.2, 0.25) is 0 Å². The number of hydrogen-bond acceptors (Lipinski definition) is 5. The summed E-state index contributed by atoms with van der Waals surface area (Å²) >= 11 is 1.58. The minimum absolute atomic E-state index is 0.120. The van der Waals surface area contributed by atoms with Gasteiger partial charge in [0.15, 0.2) is 5.03 Å². The number of aryl methyl sites for hydroxylation is 1. The Balaban J connectivity index is 2.11. The maximum atomic E-state index is 12.2. The summed E-state index contributed by atoms with van der Waals surface area (Å²) in [6.45, 7) is 2.73. The predicted molar refractivity (Wildman–Crippen MR) is 74.4 cm³/mol. The number of aromatic nitrogens is 2. The number of rotatable bonds is 6. The summed E-state index contributed by atoms with van der Waals surface area (Å²) in [6.07, 6.45) is 1.51. The van der Waals surface area contributed by atoms with Gasteiger partial charge in [-0.3, -0.25) is 5.10 Å². The van der Waals surface area contributed by atoms with Gasteiger partial charge in [-0.25, -0.2) is 13.1 Å². The van der Waals surface area contributed by atoms with Gasteiger partial charge < -0.3 is 5.32 Å². The smallest absolute Gasteiger partial charge is 0.258 e. The van der Waals surface area contributed by atoms with E-state index in [4.69, 9.17) is 0 Å².